The summed E-state index contributed by atoms with van der Waals surface area (Å²) < 4.78 is 0. The molecule has 1 aromatic rings. The van der Waals surface area contributed by atoms with Gasteiger partial charge in [0.05, 0.1) is 0 Å². The lowest BCUT2D eigenvalue weighted by molar-refractivity contribution is -0.137. The molecule has 0 aromatic heterocycles. The maximum atomic E-state index is 13.1. The van der Waals surface area contributed by atoms with Gasteiger partial charge in [0.1, 0.15) is 5.54 Å². The van der Waals surface area contributed by atoms with Crippen LogP contribution >= 0.6 is 0 Å². The van der Waals surface area contributed by atoms with E-state index in [0.717, 1.165) is 58.0 Å². The number of nitrogens with two attached hydrogens (primary N) is 1. The number of benzene rings is 1. The lowest BCUT2D eigenvalue weighted by atomic mass is 9.82. The molecule has 2 atom stereocenters. The molecule has 1 aliphatic carbocycles. The van der Waals surface area contributed by atoms with Crippen molar-refractivity contribution in [1.29, 1.82) is 0 Å². The number of hydrogen-bond acceptors (Lipinski definition) is 4. The molecule has 0 radical (unpaired) electrons. The zero-order valence-corrected chi connectivity index (χ0v) is 19.8. The van der Waals surface area contributed by atoms with Gasteiger partial charge in [0.15, 0.2) is 5.96 Å². The van der Waals surface area contributed by atoms with Crippen molar-refractivity contribution in [3.8, 4) is 0 Å². The third-order valence-electron chi connectivity index (χ3n) is 7.53. The maximum absolute atomic E-state index is 13.1. The predicted octanol–water partition coefficient (Wildman–Crippen LogP) is 3.38. The van der Waals surface area contributed by atoms with Crippen LogP contribution in [0.5, 0.6) is 0 Å². The molecule has 0 bridgehead atoms. The Balaban J connectivity index is 1.25. The Bertz CT molecular complexity index is 888. The Labute approximate surface area is 192 Å². The van der Waals surface area contributed by atoms with E-state index in [0.29, 0.717) is 30.2 Å². The largest absolute Gasteiger partial charge is 0.369 e. The molecule has 6 nitrogen and oxygen atoms in total. The first-order valence-electron chi connectivity index (χ1n) is 12.3. The van der Waals surface area contributed by atoms with Crippen molar-refractivity contribution >= 4 is 17.8 Å². The summed E-state index contributed by atoms with van der Waals surface area (Å²) in [5, 5.41) is 0. The van der Waals surface area contributed by atoms with Gasteiger partial charge >= 0.3 is 0 Å². The van der Waals surface area contributed by atoms with Crippen LogP contribution in [0.2, 0.25) is 0 Å². The summed E-state index contributed by atoms with van der Waals surface area (Å²) in [5.41, 5.74) is 8.14. The highest BCUT2D eigenvalue weighted by Crippen LogP contribution is 2.31. The smallest absolute Gasteiger partial charge is 0.257 e. The second-order valence-corrected chi connectivity index (χ2v) is 10.6. The van der Waals surface area contributed by atoms with E-state index in [4.69, 9.17) is 5.73 Å². The molecule has 2 amide bonds. The number of carbonyl (C=O) groups excluding carboxylic acids is 2. The fourth-order valence-corrected chi connectivity index (χ4v) is 5.82. The number of rotatable bonds is 6. The molecule has 2 aliphatic heterocycles. The topological polar surface area (TPSA) is 79.0 Å². The molecule has 4 rings (SSSR count). The summed E-state index contributed by atoms with van der Waals surface area (Å²) in [7, 11) is 0. The van der Waals surface area contributed by atoms with E-state index >= 15 is 0 Å². The highest BCUT2D eigenvalue weighted by atomic mass is 16.2. The number of aliphatic imine (C=N–C) groups is 1. The van der Waals surface area contributed by atoms with Crippen molar-refractivity contribution in [2.24, 2.45) is 28.5 Å². The monoisotopic (exact) mass is 438 g/mol. The number of piperidine rings is 1. The summed E-state index contributed by atoms with van der Waals surface area (Å²) in [6.07, 6.45) is 6.47. The minimum atomic E-state index is -0.716. The quantitative estimate of drug-likeness (QED) is 0.739. The number of aryl methyl sites for hydroxylation is 1. The van der Waals surface area contributed by atoms with E-state index in [1.807, 2.05) is 6.92 Å². The average Bonchev–Trinajstić information content (AvgIpc) is 2.98. The van der Waals surface area contributed by atoms with Gasteiger partial charge in [0.25, 0.3) is 5.91 Å². The van der Waals surface area contributed by atoms with Crippen molar-refractivity contribution in [2.75, 3.05) is 19.6 Å². The molecular formula is C26H38N4O2. The Morgan fingerprint density at radius 2 is 1.88 bits per heavy atom. The SMILES string of the molecule is CC(C)CC1(C)N=C(N)N(CCC2CCN(C(=O)C3CCc4ccccc4C3)CC2)C1=O. The summed E-state index contributed by atoms with van der Waals surface area (Å²) in [6.45, 7) is 8.38. The number of carbonyl (C=O) groups is 2. The van der Waals surface area contributed by atoms with Crippen molar-refractivity contribution in [2.45, 2.75) is 71.3 Å². The molecule has 0 saturated carbocycles. The van der Waals surface area contributed by atoms with E-state index in [2.05, 4.69) is 48.0 Å². The van der Waals surface area contributed by atoms with Gasteiger partial charge in [-0.1, -0.05) is 38.1 Å². The van der Waals surface area contributed by atoms with Crippen molar-refractivity contribution in [3.05, 3.63) is 35.4 Å². The Morgan fingerprint density at radius 3 is 2.56 bits per heavy atom. The molecule has 1 aromatic carbocycles. The number of likely N-dealkylation sites (tertiary alicyclic amines) is 1. The Kier molecular flexibility index (Phi) is 6.59. The van der Waals surface area contributed by atoms with Gasteiger partial charge in [-0.15, -0.1) is 0 Å². The molecule has 3 aliphatic rings. The summed E-state index contributed by atoms with van der Waals surface area (Å²) in [4.78, 5) is 34.3. The van der Waals surface area contributed by atoms with Gasteiger partial charge in [0.2, 0.25) is 5.91 Å². The van der Waals surface area contributed by atoms with Gasteiger partial charge in [-0.05, 0) is 74.8 Å². The van der Waals surface area contributed by atoms with Gasteiger partial charge in [-0.2, -0.15) is 0 Å². The van der Waals surface area contributed by atoms with E-state index in [1.165, 1.54) is 11.1 Å². The van der Waals surface area contributed by atoms with Crippen LogP contribution in [0.3, 0.4) is 0 Å². The fraction of sp³-hybridized carbons (Fsp3) is 0.654. The average molecular weight is 439 g/mol. The Morgan fingerprint density at radius 1 is 1.19 bits per heavy atom. The van der Waals surface area contributed by atoms with Crippen LogP contribution in [-0.2, 0) is 22.4 Å². The number of nitrogens with zero attached hydrogens (tertiary/aromatic N) is 3. The fourth-order valence-electron chi connectivity index (χ4n) is 5.82. The normalized spacial score (nSPS) is 26.4. The van der Waals surface area contributed by atoms with Gasteiger partial charge in [0, 0.05) is 25.6 Å². The first kappa shape index (κ1) is 22.8. The highest BCUT2D eigenvalue weighted by molar-refractivity contribution is 6.06. The van der Waals surface area contributed by atoms with E-state index in [1.54, 1.807) is 4.90 Å². The molecule has 2 N–H and O–H groups in total. The standard InChI is InChI=1S/C26H38N4O2/c1-18(2)17-26(3)24(32)30(25(27)28-26)15-12-19-10-13-29(14-11-19)23(31)22-9-8-20-6-4-5-7-21(20)16-22/h4-7,18-19,22H,8-17H2,1-3H3,(H2,27,28). The number of hydrogen-bond donors (Lipinski definition) is 1. The molecule has 1 saturated heterocycles. The van der Waals surface area contributed by atoms with Gasteiger partial charge in [-0.25, -0.2) is 4.99 Å². The molecule has 0 spiro atoms. The third kappa shape index (κ3) is 4.69. The minimum absolute atomic E-state index is 0.0360. The molecule has 6 heteroatoms. The third-order valence-corrected chi connectivity index (χ3v) is 7.53. The maximum Gasteiger partial charge on any atom is 0.257 e. The van der Waals surface area contributed by atoms with Crippen LogP contribution in [0.1, 0.15) is 64.0 Å². The number of fused-ring (bicyclic) bond motifs is 1. The van der Waals surface area contributed by atoms with E-state index in [9.17, 15) is 9.59 Å². The van der Waals surface area contributed by atoms with E-state index in [-0.39, 0.29) is 11.8 Å². The van der Waals surface area contributed by atoms with Crippen LogP contribution in [-0.4, -0.2) is 52.7 Å². The lowest BCUT2D eigenvalue weighted by Gasteiger charge is -2.36. The van der Waals surface area contributed by atoms with Gasteiger partial charge < -0.3 is 10.6 Å². The van der Waals surface area contributed by atoms with Crippen LogP contribution in [0.4, 0.5) is 0 Å². The van der Waals surface area contributed by atoms with Crippen LogP contribution in [0.25, 0.3) is 0 Å². The van der Waals surface area contributed by atoms with Crippen molar-refractivity contribution in [1.82, 2.24) is 9.80 Å². The first-order valence-corrected chi connectivity index (χ1v) is 12.3. The summed E-state index contributed by atoms with van der Waals surface area (Å²) in [5.74, 6) is 1.76. The van der Waals surface area contributed by atoms with Crippen LogP contribution in [0, 0.1) is 17.8 Å². The highest BCUT2D eigenvalue weighted by Gasteiger charge is 2.44. The van der Waals surface area contributed by atoms with Crippen molar-refractivity contribution < 1.29 is 9.59 Å². The Hall–Kier alpha value is -2.37. The molecule has 1 fully saturated rings. The summed E-state index contributed by atoms with van der Waals surface area (Å²) in [6, 6.07) is 8.52. The molecule has 174 valence electrons. The molecule has 32 heavy (non-hydrogen) atoms. The predicted molar refractivity (Wildman–Crippen MR) is 127 cm³/mol. The van der Waals surface area contributed by atoms with Crippen molar-refractivity contribution in [3.63, 3.8) is 0 Å². The first-order chi connectivity index (χ1) is 15.3. The number of guanidine groups is 1. The van der Waals surface area contributed by atoms with E-state index < -0.39 is 5.54 Å². The molecule has 2 heterocycles. The van der Waals surface area contributed by atoms with Crippen LogP contribution in [0.15, 0.2) is 29.3 Å². The molecule has 2 unspecified atom stereocenters. The molecular weight excluding hydrogens is 400 g/mol. The minimum Gasteiger partial charge on any atom is -0.369 e. The second kappa shape index (κ2) is 9.24. The van der Waals surface area contributed by atoms with Gasteiger partial charge in [-0.3, -0.25) is 14.5 Å². The zero-order chi connectivity index (χ0) is 22.9. The lowest BCUT2D eigenvalue weighted by Crippen LogP contribution is -2.45. The van der Waals surface area contributed by atoms with Crippen LogP contribution < -0.4 is 5.73 Å². The second-order valence-electron chi connectivity index (χ2n) is 10.6. The zero-order valence-electron chi connectivity index (χ0n) is 19.8. The number of amides is 2. The summed E-state index contributed by atoms with van der Waals surface area (Å²) >= 11 is 0.